The van der Waals surface area contributed by atoms with Crippen molar-refractivity contribution >= 4 is 29.3 Å². The predicted octanol–water partition coefficient (Wildman–Crippen LogP) is 3.69. The van der Waals surface area contributed by atoms with E-state index in [4.69, 9.17) is 11.6 Å². The van der Waals surface area contributed by atoms with Gasteiger partial charge in [0, 0.05) is 18.1 Å². The van der Waals surface area contributed by atoms with Crippen LogP contribution >= 0.6 is 11.6 Å². The number of hydrogen-bond acceptors (Lipinski definition) is 2. The van der Waals surface area contributed by atoms with Crippen LogP contribution in [0, 0.1) is 5.41 Å². The third-order valence-corrected chi connectivity index (χ3v) is 3.88. The van der Waals surface area contributed by atoms with Gasteiger partial charge in [-0.3, -0.25) is 0 Å². The molecule has 0 aromatic heterocycles. The summed E-state index contributed by atoms with van der Waals surface area (Å²) in [6.45, 7) is 5.59. The Hall–Kier alpha value is -1.75. The molecular weight excluding hydrogens is 292 g/mol. The van der Waals surface area contributed by atoms with E-state index < -0.39 is 5.97 Å². The maximum atomic E-state index is 12.3. The fraction of sp³-hybridized carbons (Fsp3) is 0.467. The molecule has 1 fully saturated rings. The van der Waals surface area contributed by atoms with Crippen molar-refractivity contribution in [3.8, 4) is 0 Å². The zero-order valence-corrected chi connectivity index (χ0v) is 12.9. The van der Waals surface area contributed by atoms with Crippen LogP contribution < -0.4 is 5.32 Å². The highest BCUT2D eigenvalue weighted by Gasteiger charge is 2.29. The fourth-order valence-electron chi connectivity index (χ4n) is 2.59. The van der Waals surface area contributed by atoms with Crippen molar-refractivity contribution in [2.24, 2.45) is 5.41 Å². The van der Waals surface area contributed by atoms with Gasteiger partial charge in [-0.25, -0.2) is 9.59 Å². The molecule has 1 aliphatic heterocycles. The standard InChI is InChI=1S/C15H19ClN2O3/c1-15(2)6-3-7-18(9-15)14(21)17-12-5-4-10(16)8-11(12)13(19)20/h4-5,8H,3,6-7,9H2,1-2H3,(H,17,21)(H,19,20). The van der Waals surface area contributed by atoms with Crippen LogP contribution in [0.5, 0.6) is 0 Å². The second kappa shape index (κ2) is 5.93. The van der Waals surface area contributed by atoms with E-state index >= 15 is 0 Å². The number of carbonyl (C=O) groups is 2. The fourth-order valence-corrected chi connectivity index (χ4v) is 2.77. The average Bonchev–Trinajstić information content (AvgIpc) is 2.39. The summed E-state index contributed by atoms with van der Waals surface area (Å²) in [5, 5.41) is 12.2. The van der Waals surface area contributed by atoms with Gasteiger partial charge in [-0.2, -0.15) is 0 Å². The van der Waals surface area contributed by atoms with Crippen LogP contribution in [-0.2, 0) is 0 Å². The normalized spacial score (nSPS) is 17.4. The molecule has 6 heteroatoms. The lowest BCUT2D eigenvalue weighted by atomic mass is 9.84. The van der Waals surface area contributed by atoms with Gasteiger partial charge in [0.2, 0.25) is 0 Å². The summed E-state index contributed by atoms with van der Waals surface area (Å²) in [4.78, 5) is 25.2. The van der Waals surface area contributed by atoms with Crippen LogP contribution in [0.25, 0.3) is 0 Å². The van der Waals surface area contributed by atoms with Crippen molar-refractivity contribution in [3.63, 3.8) is 0 Å². The van der Waals surface area contributed by atoms with Crippen LogP contribution in [0.1, 0.15) is 37.0 Å². The van der Waals surface area contributed by atoms with Gasteiger partial charge in [0.15, 0.2) is 0 Å². The molecule has 2 amide bonds. The molecule has 1 aliphatic rings. The molecule has 114 valence electrons. The third-order valence-electron chi connectivity index (χ3n) is 3.64. The lowest BCUT2D eigenvalue weighted by molar-refractivity contribution is 0.0698. The second-order valence-corrected chi connectivity index (χ2v) is 6.55. The molecule has 1 aromatic carbocycles. The molecule has 0 spiro atoms. The number of nitrogens with zero attached hydrogens (tertiary/aromatic N) is 1. The number of likely N-dealkylation sites (tertiary alicyclic amines) is 1. The molecule has 1 aromatic rings. The highest BCUT2D eigenvalue weighted by atomic mass is 35.5. The first-order valence-corrected chi connectivity index (χ1v) is 7.25. The van der Waals surface area contributed by atoms with Crippen molar-refractivity contribution < 1.29 is 14.7 Å². The summed E-state index contributed by atoms with van der Waals surface area (Å²) in [5.41, 5.74) is 0.345. The first-order valence-electron chi connectivity index (χ1n) is 6.87. The van der Waals surface area contributed by atoms with Crippen molar-refractivity contribution in [1.82, 2.24) is 4.90 Å². The van der Waals surface area contributed by atoms with E-state index in [-0.39, 0.29) is 22.7 Å². The molecule has 0 aliphatic carbocycles. The van der Waals surface area contributed by atoms with E-state index in [0.717, 1.165) is 12.8 Å². The molecule has 0 radical (unpaired) electrons. The largest absolute Gasteiger partial charge is 0.478 e. The summed E-state index contributed by atoms with van der Waals surface area (Å²) in [6.07, 6.45) is 2.03. The Morgan fingerprint density at radius 1 is 1.38 bits per heavy atom. The molecular formula is C15H19ClN2O3. The summed E-state index contributed by atoms with van der Waals surface area (Å²) >= 11 is 5.80. The van der Waals surface area contributed by atoms with Crippen molar-refractivity contribution in [1.29, 1.82) is 0 Å². The number of nitrogens with one attached hydrogen (secondary N) is 1. The molecule has 0 saturated carbocycles. The topological polar surface area (TPSA) is 69.6 Å². The monoisotopic (exact) mass is 310 g/mol. The van der Waals surface area contributed by atoms with Crippen LogP contribution in [0.15, 0.2) is 18.2 Å². The van der Waals surface area contributed by atoms with E-state index in [0.29, 0.717) is 18.1 Å². The van der Waals surface area contributed by atoms with E-state index in [9.17, 15) is 14.7 Å². The first-order chi connectivity index (χ1) is 9.78. The quantitative estimate of drug-likeness (QED) is 0.875. The van der Waals surface area contributed by atoms with Crippen molar-refractivity contribution in [3.05, 3.63) is 28.8 Å². The molecule has 2 N–H and O–H groups in total. The Morgan fingerprint density at radius 3 is 2.71 bits per heavy atom. The lowest BCUT2D eigenvalue weighted by Gasteiger charge is -2.38. The number of amides is 2. The van der Waals surface area contributed by atoms with Gasteiger partial charge in [0.25, 0.3) is 0 Å². The second-order valence-electron chi connectivity index (χ2n) is 6.11. The number of aromatic carboxylic acids is 1. The summed E-state index contributed by atoms with van der Waals surface area (Å²) in [6, 6.07) is 4.13. The predicted molar refractivity (Wildman–Crippen MR) is 82.0 cm³/mol. The zero-order valence-electron chi connectivity index (χ0n) is 12.1. The molecule has 1 heterocycles. The maximum Gasteiger partial charge on any atom is 0.337 e. The Labute approximate surface area is 128 Å². The molecule has 0 unspecified atom stereocenters. The summed E-state index contributed by atoms with van der Waals surface area (Å²) in [5.74, 6) is -1.12. The first kappa shape index (κ1) is 15.6. The van der Waals surface area contributed by atoms with Crippen LogP contribution in [0.4, 0.5) is 10.5 Å². The van der Waals surface area contributed by atoms with Crippen LogP contribution in [-0.4, -0.2) is 35.1 Å². The molecule has 0 atom stereocenters. The minimum absolute atomic E-state index is 0.00730. The molecule has 5 nitrogen and oxygen atoms in total. The number of carbonyl (C=O) groups excluding carboxylic acids is 1. The number of anilines is 1. The number of carboxylic acids is 1. The van der Waals surface area contributed by atoms with Gasteiger partial charge in [-0.1, -0.05) is 25.4 Å². The highest BCUT2D eigenvalue weighted by molar-refractivity contribution is 6.31. The Bertz CT molecular complexity index is 572. The minimum atomic E-state index is -1.12. The van der Waals surface area contributed by atoms with Gasteiger partial charge < -0.3 is 15.3 Å². The number of piperidine rings is 1. The van der Waals surface area contributed by atoms with Gasteiger partial charge in [0.1, 0.15) is 0 Å². The van der Waals surface area contributed by atoms with Crippen LogP contribution in [0.3, 0.4) is 0 Å². The Balaban J connectivity index is 2.14. The maximum absolute atomic E-state index is 12.3. The van der Waals surface area contributed by atoms with Gasteiger partial charge >= 0.3 is 12.0 Å². The third kappa shape index (κ3) is 3.88. The van der Waals surface area contributed by atoms with Gasteiger partial charge in [-0.05, 0) is 36.5 Å². The van der Waals surface area contributed by atoms with Gasteiger partial charge in [-0.15, -0.1) is 0 Å². The summed E-state index contributed by atoms with van der Waals surface area (Å²) < 4.78 is 0. The number of benzene rings is 1. The minimum Gasteiger partial charge on any atom is -0.478 e. The summed E-state index contributed by atoms with van der Waals surface area (Å²) in [7, 11) is 0. The smallest absolute Gasteiger partial charge is 0.337 e. The number of urea groups is 1. The van der Waals surface area contributed by atoms with E-state index in [1.165, 1.54) is 12.1 Å². The Morgan fingerprint density at radius 2 is 2.10 bits per heavy atom. The van der Waals surface area contributed by atoms with Crippen molar-refractivity contribution in [2.75, 3.05) is 18.4 Å². The number of hydrogen-bond donors (Lipinski definition) is 2. The van der Waals surface area contributed by atoms with Crippen LogP contribution in [0.2, 0.25) is 5.02 Å². The molecule has 2 rings (SSSR count). The number of halogens is 1. The zero-order chi connectivity index (χ0) is 15.6. The highest BCUT2D eigenvalue weighted by Crippen LogP contribution is 2.29. The van der Waals surface area contributed by atoms with E-state index in [2.05, 4.69) is 19.2 Å². The SMILES string of the molecule is CC1(C)CCCN(C(=O)Nc2ccc(Cl)cc2C(=O)O)C1. The van der Waals surface area contributed by atoms with Gasteiger partial charge in [0.05, 0.1) is 11.3 Å². The number of carboxylic acid groups (broad SMARTS) is 1. The average molecular weight is 311 g/mol. The van der Waals surface area contributed by atoms with E-state index in [1.54, 1.807) is 11.0 Å². The van der Waals surface area contributed by atoms with E-state index in [1.807, 2.05) is 0 Å². The molecule has 1 saturated heterocycles. The number of rotatable bonds is 2. The Kier molecular flexibility index (Phi) is 4.42. The molecule has 0 bridgehead atoms. The lowest BCUT2D eigenvalue weighted by Crippen LogP contribution is -2.45. The van der Waals surface area contributed by atoms with Crippen molar-refractivity contribution in [2.45, 2.75) is 26.7 Å². The molecule has 21 heavy (non-hydrogen) atoms.